The smallest absolute Gasteiger partial charge is 0.0483 e. The van der Waals surface area contributed by atoms with Crippen LogP contribution in [0.15, 0.2) is 24.3 Å². The third kappa shape index (κ3) is 8.02. The van der Waals surface area contributed by atoms with Crippen molar-refractivity contribution in [2.45, 2.75) is 58.7 Å². The van der Waals surface area contributed by atoms with Crippen LogP contribution in [0, 0.1) is 0 Å². The van der Waals surface area contributed by atoms with Gasteiger partial charge in [-0.15, -0.1) is 0 Å². The predicted molar refractivity (Wildman–Crippen MR) is 120 cm³/mol. The normalized spacial score (nSPS) is 16.3. The van der Waals surface area contributed by atoms with Crippen molar-refractivity contribution in [1.29, 1.82) is 0 Å². The van der Waals surface area contributed by atoms with Gasteiger partial charge in [0.2, 0.25) is 0 Å². The summed E-state index contributed by atoms with van der Waals surface area (Å²) in [4.78, 5) is 5.06. The first-order valence-corrected chi connectivity index (χ1v) is 11.1. The second kappa shape index (κ2) is 11.3. The van der Waals surface area contributed by atoms with Crippen LogP contribution in [0.3, 0.4) is 0 Å². The van der Waals surface area contributed by atoms with Gasteiger partial charge in [-0.3, -0.25) is 4.90 Å². The van der Waals surface area contributed by atoms with Gasteiger partial charge in [-0.2, -0.15) is 12.6 Å². The Morgan fingerprint density at radius 1 is 1.07 bits per heavy atom. The second-order valence-corrected chi connectivity index (χ2v) is 8.91. The minimum atomic E-state index is 0.0762. The molecular formula is C22H39N3OS. The SMILES string of the molecule is CC(C)N1CCN(c2ccc(CNC(C)(C)CCOCCCS)cc2)CC1. The van der Waals surface area contributed by atoms with Crippen LogP contribution in [0.25, 0.3) is 0 Å². The van der Waals surface area contributed by atoms with Gasteiger partial charge in [-0.05, 0) is 64.0 Å². The van der Waals surface area contributed by atoms with Crippen molar-refractivity contribution in [3.8, 4) is 0 Å². The van der Waals surface area contributed by atoms with Crippen LogP contribution in [0.4, 0.5) is 5.69 Å². The lowest BCUT2D eigenvalue weighted by atomic mass is 10.0. The fourth-order valence-corrected chi connectivity index (χ4v) is 3.48. The van der Waals surface area contributed by atoms with E-state index >= 15 is 0 Å². The molecule has 154 valence electrons. The predicted octanol–water partition coefficient (Wildman–Crippen LogP) is 3.81. The lowest BCUT2D eigenvalue weighted by Crippen LogP contribution is -2.48. The summed E-state index contributed by atoms with van der Waals surface area (Å²) in [5.74, 6) is 0.894. The Labute approximate surface area is 172 Å². The molecule has 1 aromatic rings. The lowest BCUT2D eigenvalue weighted by Gasteiger charge is -2.38. The van der Waals surface area contributed by atoms with Crippen molar-refractivity contribution in [3.63, 3.8) is 0 Å². The first-order valence-electron chi connectivity index (χ1n) is 10.4. The summed E-state index contributed by atoms with van der Waals surface area (Å²) in [6, 6.07) is 9.72. The molecule has 1 aliphatic rings. The monoisotopic (exact) mass is 393 g/mol. The van der Waals surface area contributed by atoms with E-state index in [9.17, 15) is 0 Å². The number of anilines is 1. The van der Waals surface area contributed by atoms with Crippen molar-refractivity contribution >= 4 is 18.3 Å². The van der Waals surface area contributed by atoms with Gasteiger partial charge in [0.25, 0.3) is 0 Å². The summed E-state index contributed by atoms with van der Waals surface area (Å²) in [5, 5.41) is 3.67. The maximum Gasteiger partial charge on any atom is 0.0483 e. The van der Waals surface area contributed by atoms with Gasteiger partial charge in [-0.25, -0.2) is 0 Å². The number of hydrogen-bond acceptors (Lipinski definition) is 5. The van der Waals surface area contributed by atoms with Crippen molar-refractivity contribution in [2.75, 3.05) is 50.0 Å². The Morgan fingerprint density at radius 3 is 2.33 bits per heavy atom. The van der Waals surface area contributed by atoms with Gasteiger partial charge >= 0.3 is 0 Å². The number of piperazine rings is 1. The Hall–Kier alpha value is -0.750. The number of rotatable bonds is 11. The number of nitrogens with one attached hydrogen (secondary N) is 1. The van der Waals surface area contributed by atoms with Crippen molar-refractivity contribution in [1.82, 2.24) is 10.2 Å². The summed E-state index contributed by atoms with van der Waals surface area (Å²) in [5.41, 5.74) is 2.76. The zero-order valence-electron chi connectivity index (χ0n) is 17.7. The summed E-state index contributed by atoms with van der Waals surface area (Å²) >= 11 is 4.21. The molecule has 2 rings (SSSR count). The number of hydrogen-bond donors (Lipinski definition) is 2. The topological polar surface area (TPSA) is 27.7 Å². The highest BCUT2D eigenvalue weighted by Crippen LogP contribution is 2.19. The molecule has 5 heteroatoms. The molecule has 1 aliphatic heterocycles. The van der Waals surface area contributed by atoms with E-state index in [1.165, 1.54) is 11.3 Å². The summed E-state index contributed by atoms with van der Waals surface area (Å²) in [6.45, 7) is 16.1. The number of thiol groups is 1. The Bertz CT molecular complexity index is 525. The van der Waals surface area contributed by atoms with E-state index in [1.54, 1.807) is 0 Å². The molecule has 0 amide bonds. The van der Waals surface area contributed by atoms with Gasteiger partial charge in [-0.1, -0.05) is 12.1 Å². The largest absolute Gasteiger partial charge is 0.381 e. The molecule has 1 N–H and O–H groups in total. The molecule has 1 saturated heterocycles. The van der Waals surface area contributed by atoms with E-state index in [0.717, 1.165) is 64.5 Å². The summed E-state index contributed by atoms with van der Waals surface area (Å²) in [6.07, 6.45) is 2.04. The van der Waals surface area contributed by atoms with Crippen LogP contribution < -0.4 is 10.2 Å². The van der Waals surface area contributed by atoms with Gasteiger partial charge in [0.15, 0.2) is 0 Å². The summed E-state index contributed by atoms with van der Waals surface area (Å²) in [7, 11) is 0. The molecule has 0 spiro atoms. The molecule has 0 aliphatic carbocycles. The highest BCUT2D eigenvalue weighted by atomic mass is 32.1. The van der Waals surface area contributed by atoms with E-state index in [0.29, 0.717) is 6.04 Å². The molecule has 0 atom stereocenters. The molecule has 1 aromatic carbocycles. The average molecular weight is 394 g/mol. The van der Waals surface area contributed by atoms with Crippen molar-refractivity contribution in [2.24, 2.45) is 0 Å². The molecule has 0 bridgehead atoms. The van der Waals surface area contributed by atoms with Crippen LogP contribution in [0.1, 0.15) is 46.1 Å². The van der Waals surface area contributed by atoms with Gasteiger partial charge in [0.1, 0.15) is 0 Å². The Morgan fingerprint density at radius 2 is 1.74 bits per heavy atom. The fourth-order valence-electron chi connectivity index (χ4n) is 3.35. The number of ether oxygens (including phenoxy) is 1. The van der Waals surface area contributed by atoms with E-state index in [2.05, 4.69) is 79.7 Å². The lowest BCUT2D eigenvalue weighted by molar-refractivity contribution is 0.113. The third-order valence-corrected chi connectivity index (χ3v) is 5.75. The standard InChI is InChI=1S/C22H39N3OS/c1-19(2)24-11-13-25(14-12-24)21-8-6-20(7-9-21)18-23-22(3,4)10-16-26-15-5-17-27/h6-9,19,23,27H,5,10-18H2,1-4H3. The van der Waals surface area contributed by atoms with Crippen LogP contribution in [-0.4, -0.2) is 61.6 Å². The number of nitrogens with zero attached hydrogens (tertiary/aromatic N) is 2. The van der Waals surface area contributed by atoms with Gasteiger partial charge in [0.05, 0.1) is 0 Å². The van der Waals surface area contributed by atoms with E-state index in [-0.39, 0.29) is 5.54 Å². The van der Waals surface area contributed by atoms with Crippen LogP contribution in [0.2, 0.25) is 0 Å². The fraction of sp³-hybridized carbons (Fsp3) is 0.727. The van der Waals surface area contributed by atoms with Crippen LogP contribution >= 0.6 is 12.6 Å². The minimum absolute atomic E-state index is 0.0762. The van der Waals surface area contributed by atoms with E-state index in [1.807, 2.05) is 0 Å². The molecule has 0 aromatic heterocycles. The molecular weight excluding hydrogens is 354 g/mol. The van der Waals surface area contributed by atoms with Crippen LogP contribution in [0.5, 0.6) is 0 Å². The Kier molecular flexibility index (Phi) is 9.43. The molecule has 4 nitrogen and oxygen atoms in total. The van der Waals surface area contributed by atoms with E-state index in [4.69, 9.17) is 4.74 Å². The first kappa shape index (κ1) is 22.5. The van der Waals surface area contributed by atoms with Gasteiger partial charge in [0, 0.05) is 63.2 Å². The molecule has 1 heterocycles. The van der Waals surface area contributed by atoms with Crippen molar-refractivity contribution < 1.29 is 4.74 Å². The second-order valence-electron chi connectivity index (χ2n) is 8.46. The maximum absolute atomic E-state index is 5.67. The minimum Gasteiger partial charge on any atom is -0.381 e. The zero-order chi connectivity index (χ0) is 19.7. The average Bonchev–Trinajstić information content (AvgIpc) is 2.67. The van der Waals surface area contributed by atoms with Crippen LogP contribution in [-0.2, 0) is 11.3 Å². The maximum atomic E-state index is 5.67. The molecule has 0 saturated carbocycles. The number of benzene rings is 1. The Balaban J connectivity index is 1.73. The first-order chi connectivity index (χ1) is 12.9. The van der Waals surface area contributed by atoms with Crippen molar-refractivity contribution in [3.05, 3.63) is 29.8 Å². The molecule has 27 heavy (non-hydrogen) atoms. The highest BCUT2D eigenvalue weighted by Gasteiger charge is 2.19. The quantitative estimate of drug-likeness (QED) is 0.442. The molecule has 0 radical (unpaired) electrons. The zero-order valence-corrected chi connectivity index (χ0v) is 18.6. The highest BCUT2D eigenvalue weighted by molar-refractivity contribution is 7.80. The molecule has 1 fully saturated rings. The summed E-state index contributed by atoms with van der Waals surface area (Å²) < 4.78 is 5.67. The van der Waals surface area contributed by atoms with E-state index < -0.39 is 0 Å². The third-order valence-electron chi connectivity index (χ3n) is 5.44. The molecule has 0 unspecified atom stereocenters. The van der Waals surface area contributed by atoms with Gasteiger partial charge < -0.3 is 15.0 Å².